The number of carbonyl (C=O) groups is 3. The van der Waals surface area contributed by atoms with Gasteiger partial charge in [0.25, 0.3) is 5.91 Å². The molecule has 1 N–H and O–H groups in total. The van der Waals surface area contributed by atoms with Crippen molar-refractivity contribution in [3.63, 3.8) is 0 Å². The summed E-state index contributed by atoms with van der Waals surface area (Å²) >= 11 is 24.2. The van der Waals surface area contributed by atoms with E-state index >= 15 is 0 Å². The monoisotopic (exact) mass is 619 g/mol. The van der Waals surface area contributed by atoms with Crippen molar-refractivity contribution in [2.45, 2.75) is 73.4 Å². The van der Waals surface area contributed by atoms with Crippen LogP contribution in [0.15, 0.2) is 12.1 Å². The summed E-state index contributed by atoms with van der Waals surface area (Å²) in [6.45, 7) is 11.4. The number of ether oxygens (including phenoxy) is 3. The van der Waals surface area contributed by atoms with E-state index < -0.39 is 38.6 Å². The molecule has 1 amide bonds. The second-order valence-electron chi connectivity index (χ2n) is 8.68. The molecule has 0 heterocycles. The summed E-state index contributed by atoms with van der Waals surface area (Å²) in [7, 11) is 1.38. The minimum Gasteiger partial charge on any atom is -0.507 e. The van der Waals surface area contributed by atoms with Crippen LogP contribution in [0, 0.1) is 0 Å². The Balaban J connectivity index is 3.81. The van der Waals surface area contributed by atoms with Gasteiger partial charge in [0, 0.05) is 18.7 Å². The normalized spacial score (nSPS) is 13.5. The number of phenols is 1. The molecule has 1 aromatic carbocycles. The SMILES string of the molecule is CCN(CC)C(=O)c1cc(O)c([C@H](SC(C)C)[C@H](OC(=O)C(Cl)Cl)C(C)(C)OC(=O)C(Cl)Cl)c(OC)c1. The van der Waals surface area contributed by atoms with Gasteiger partial charge in [-0.05, 0) is 45.1 Å². The summed E-state index contributed by atoms with van der Waals surface area (Å²) < 4.78 is 16.7. The van der Waals surface area contributed by atoms with Gasteiger partial charge >= 0.3 is 11.9 Å². The largest absolute Gasteiger partial charge is 0.507 e. The van der Waals surface area contributed by atoms with Crippen molar-refractivity contribution < 1.29 is 33.7 Å². The zero-order valence-electron chi connectivity index (χ0n) is 21.7. The van der Waals surface area contributed by atoms with Crippen LogP contribution in [0.25, 0.3) is 0 Å². The average molecular weight is 621 g/mol. The van der Waals surface area contributed by atoms with Gasteiger partial charge in [0.2, 0.25) is 9.67 Å². The lowest BCUT2D eigenvalue weighted by Crippen LogP contribution is -2.48. The number of nitrogens with zero attached hydrogens (tertiary/aromatic N) is 1. The summed E-state index contributed by atoms with van der Waals surface area (Å²) in [6.07, 6.45) is -1.26. The summed E-state index contributed by atoms with van der Waals surface area (Å²) in [5, 5.41) is 10.2. The number of carbonyl (C=O) groups excluding carboxylic acids is 3. The Morgan fingerprint density at radius 3 is 2.00 bits per heavy atom. The van der Waals surface area contributed by atoms with Crippen molar-refractivity contribution in [3.8, 4) is 11.5 Å². The Morgan fingerprint density at radius 2 is 1.57 bits per heavy atom. The number of amides is 1. The van der Waals surface area contributed by atoms with Crippen LogP contribution in [0.2, 0.25) is 0 Å². The summed E-state index contributed by atoms with van der Waals surface area (Å²) in [5.41, 5.74) is -1.10. The fourth-order valence-corrected chi connectivity index (χ4v) is 5.25. The Labute approximate surface area is 242 Å². The number of thioether (sulfide) groups is 1. The molecule has 13 heteroatoms. The molecule has 0 aromatic heterocycles. The highest BCUT2D eigenvalue weighted by Crippen LogP contribution is 2.49. The van der Waals surface area contributed by atoms with Crippen LogP contribution in [-0.4, -0.2) is 74.7 Å². The first kappa shape index (κ1) is 33.8. The number of rotatable bonds is 13. The minimum atomic E-state index is -1.53. The van der Waals surface area contributed by atoms with E-state index in [1.54, 1.807) is 4.90 Å². The zero-order chi connectivity index (χ0) is 28.7. The Morgan fingerprint density at radius 1 is 1.03 bits per heavy atom. The molecule has 0 bridgehead atoms. The first-order valence-corrected chi connectivity index (χ1v) is 14.1. The van der Waals surface area contributed by atoms with Gasteiger partial charge in [-0.3, -0.25) is 4.79 Å². The number of hydrogen-bond donors (Lipinski definition) is 1. The van der Waals surface area contributed by atoms with Gasteiger partial charge in [-0.25, -0.2) is 9.59 Å². The molecule has 0 saturated heterocycles. The number of esters is 2. The average Bonchev–Trinajstić information content (AvgIpc) is 2.80. The standard InChI is InChI=1S/C24H33Cl4NO7S/c1-8-29(9-2)21(31)13-10-14(30)16(15(11-13)34-7)17(37-12(3)4)18(35-22(32)19(25)26)24(5,6)36-23(33)20(27)28/h10-12,17-20,30H,8-9H2,1-7H3/t17-,18-/m0/s1. The number of benzene rings is 1. The molecule has 0 unspecified atom stereocenters. The van der Waals surface area contributed by atoms with Crippen molar-refractivity contribution >= 4 is 76.0 Å². The van der Waals surface area contributed by atoms with Gasteiger partial charge in [0.05, 0.1) is 17.9 Å². The predicted octanol–water partition coefficient (Wildman–Crippen LogP) is 5.91. The van der Waals surface area contributed by atoms with E-state index in [1.165, 1.54) is 44.9 Å². The zero-order valence-corrected chi connectivity index (χ0v) is 25.6. The Hall–Kier alpha value is -1.26. The van der Waals surface area contributed by atoms with Gasteiger partial charge in [0.1, 0.15) is 17.1 Å². The van der Waals surface area contributed by atoms with Crippen LogP contribution in [0.3, 0.4) is 0 Å². The lowest BCUT2D eigenvalue weighted by atomic mass is 9.92. The molecule has 8 nitrogen and oxygen atoms in total. The molecule has 0 aliphatic carbocycles. The molecule has 0 radical (unpaired) electrons. The van der Waals surface area contributed by atoms with E-state index in [0.29, 0.717) is 13.1 Å². The molecule has 0 spiro atoms. The van der Waals surface area contributed by atoms with Gasteiger partial charge in [-0.2, -0.15) is 0 Å². The first-order valence-electron chi connectivity index (χ1n) is 11.5. The van der Waals surface area contributed by atoms with Crippen LogP contribution in [0.5, 0.6) is 11.5 Å². The molecular formula is C24H33Cl4NO7S. The highest BCUT2D eigenvalue weighted by Gasteiger charge is 2.46. The molecule has 210 valence electrons. The summed E-state index contributed by atoms with van der Waals surface area (Å²) in [5.74, 6) is -2.37. The van der Waals surface area contributed by atoms with Crippen molar-refractivity contribution in [1.82, 2.24) is 4.90 Å². The van der Waals surface area contributed by atoms with E-state index in [2.05, 4.69) is 0 Å². The highest BCUT2D eigenvalue weighted by atomic mass is 35.5. The number of aromatic hydroxyl groups is 1. The van der Waals surface area contributed by atoms with Crippen molar-refractivity contribution in [3.05, 3.63) is 23.3 Å². The third-order valence-electron chi connectivity index (χ3n) is 5.26. The molecule has 0 aliphatic heterocycles. The molecule has 1 rings (SSSR count). The highest BCUT2D eigenvalue weighted by molar-refractivity contribution is 8.00. The molecular weight excluding hydrogens is 588 g/mol. The maximum absolute atomic E-state index is 13.0. The number of phenolic OH excluding ortho intramolecular Hbond substituents is 1. The van der Waals surface area contributed by atoms with Crippen LogP contribution < -0.4 is 4.74 Å². The molecule has 2 atom stereocenters. The van der Waals surface area contributed by atoms with E-state index in [4.69, 9.17) is 60.6 Å². The maximum atomic E-state index is 13.0. The van der Waals surface area contributed by atoms with Gasteiger partial charge in [-0.1, -0.05) is 60.3 Å². The Bertz CT molecular complexity index is 955. The fourth-order valence-electron chi connectivity index (χ4n) is 3.57. The lowest BCUT2D eigenvalue weighted by Gasteiger charge is -2.39. The van der Waals surface area contributed by atoms with Crippen molar-refractivity contribution in [2.75, 3.05) is 20.2 Å². The molecule has 0 saturated carbocycles. The van der Waals surface area contributed by atoms with Gasteiger partial charge in [0.15, 0.2) is 6.10 Å². The minimum absolute atomic E-state index is 0.0737. The van der Waals surface area contributed by atoms with Crippen LogP contribution >= 0.6 is 58.2 Å². The number of alkyl halides is 4. The van der Waals surface area contributed by atoms with Crippen LogP contribution in [0.1, 0.15) is 62.7 Å². The van der Waals surface area contributed by atoms with Gasteiger partial charge < -0.3 is 24.2 Å². The van der Waals surface area contributed by atoms with E-state index in [1.807, 2.05) is 27.7 Å². The lowest BCUT2D eigenvalue weighted by molar-refractivity contribution is -0.179. The van der Waals surface area contributed by atoms with Crippen LogP contribution in [-0.2, 0) is 19.1 Å². The fraction of sp³-hybridized carbons (Fsp3) is 0.625. The van der Waals surface area contributed by atoms with Crippen LogP contribution in [0.4, 0.5) is 0 Å². The molecule has 0 fully saturated rings. The molecule has 37 heavy (non-hydrogen) atoms. The summed E-state index contributed by atoms with van der Waals surface area (Å²) in [6, 6.07) is 2.82. The Kier molecular flexibility index (Phi) is 13.5. The van der Waals surface area contributed by atoms with Crippen molar-refractivity contribution in [2.24, 2.45) is 0 Å². The molecule has 0 aliphatic rings. The molecule has 1 aromatic rings. The second-order valence-corrected chi connectivity index (χ2v) is 12.6. The third-order valence-corrected chi connectivity index (χ3v) is 7.30. The first-order chi connectivity index (χ1) is 17.1. The topological polar surface area (TPSA) is 102 Å². The predicted molar refractivity (Wildman–Crippen MR) is 148 cm³/mol. The third kappa shape index (κ3) is 9.17. The second kappa shape index (κ2) is 14.8. The summed E-state index contributed by atoms with van der Waals surface area (Å²) in [4.78, 5) is 36.4. The number of halogens is 4. The van der Waals surface area contributed by atoms with Crippen molar-refractivity contribution in [1.29, 1.82) is 0 Å². The van der Waals surface area contributed by atoms with Gasteiger partial charge in [-0.15, -0.1) is 11.8 Å². The number of hydrogen-bond acceptors (Lipinski definition) is 8. The smallest absolute Gasteiger partial charge is 0.340 e. The van der Waals surface area contributed by atoms with E-state index in [9.17, 15) is 19.5 Å². The van der Waals surface area contributed by atoms with E-state index in [-0.39, 0.29) is 33.8 Å². The van der Waals surface area contributed by atoms with E-state index in [0.717, 1.165) is 0 Å². The maximum Gasteiger partial charge on any atom is 0.340 e. The quantitative estimate of drug-likeness (QED) is 0.215. The number of methoxy groups -OCH3 is 1.